The van der Waals surface area contributed by atoms with E-state index in [1.807, 2.05) is 74.5 Å². The van der Waals surface area contributed by atoms with Crippen LogP contribution in [0.3, 0.4) is 0 Å². The summed E-state index contributed by atoms with van der Waals surface area (Å²) in [4.78, 5) is 30.3. The number of carbonyl (C=O) groups is 2. The van der Waals surface area contributed by atoms with Crippen LogP contribution < -0.4 is 9.62 Å². The molecule has 0 aliphatic heterocycles. The Morgan fingerprint density at radius 3 is 2.15 bits per heavy atom. The van der Waals surface area contributed by atoms with E-state index in [-0.39, 0.29) is 29.8 Å². The van der Waals surface area contributed by atoms with Gasteiger partial charge >= 0.3 is 0 Å². The maximum atomic E-state index is 14.6. The first kappa shape index (κ1) is 33.2. The predicted octanol–water partition coefficient (Wildman–Crippen LogP) is 6.85. The monoisotopic (exact) mass is 657 g/mol. The average Bonchev–Trinajstić information content (AvgIpc) is 3.56. The summed E-state index contributed by atoms with van der Waals surface area (Å²) in [5, 5.41) is 3.61. The number of hydrogen-bond donors (Lipinski definition) is 1. The van der Waals surface area contributed by atoms with Crippen molar-refractivity contribution in [1.82, 2.24) is 10.2 Å². The number of sulfonamides is 1. The summed E-state index contributed by atoms with van der Waals surface area (Å²) in [5.74, 6) is -0.721. The van der Waals surface area contributed by atoms with E-state index in [0.29, 0.717) is 10.7 Å². The van der Waals surface area contributed by atoms with Crippen LogP contribution in [0.1, 0.15) is 47.9 Å². The molecule has 0 saturated heterocycles. The Bertz CT molecular complexity index is 1740. The third-order valence-corrected chi connectivity index (χ3v) is 10.5. The molecule has 5 rings (SSSR count). The van der Waals surface area contributed by atoms with Crippen LogP contribution in [0.15, 0.2) is 108 Å². The fraction of sp³-hybridized carbons (Fsp3) is 0.297. The number of aryl methyl sites for hydroxylation is 2. The van der Waals surface area contributed by atoms with Gasteiger partial charge in [-0.25, -0.2) is 8.42 Å². The molecular weight excluding hydrogens is 618 g/mol. The van der Waals surface area contributed by atoms with Crippen LogP contribution in [-0.2, 0) is 32.6 Å². The minimum Gasteiger partial charge on any atom is -0.352 e. The molecule has 4 aromatic rings. The lowest BCUT2D eigenvalue weighted by Gasteiger charge is -2.34. The lowest BCUT2D eigenvalue weighted by molar-refractivity contribution is -0.140. The third-order valence-electron chi connectivity index (χ3n) is 8.42. The number of anilines is 1. The second-order valence-electron chi connectivity index (χ2n) is 12.0. The maximum Gasteiger partial charge on any atom is 0.264 e. The molecule has 1 fully saturated rings. The van der Waals surface area contributed by atoms with E-state index in [2.05, 4.69) is 5.32 Å². The predicted molar refractivity (Wildman–Crippen MR) is 183 cm³/mol. The Balaban J connectivity index is 1.56. The summed E-state index contributed by atoms with van der Waals surface area (Å²) >= 11 is 6.08. The Hall–Kier alpha value is -4.14. The largest absolute Gasteiger partial charge is 0.352 e. The summed E-state index contributed by atoms with van der Waals surface area (Å²) in [7, 11) is -4.19. The SMILES string of the molecule is Cc1ccc(CN(C(=O)CN(c2cccc(C)c2)S(=O)(=O)c2ccc(Cl)cc2)[C@@H](Cc2ccccc2)C(=O)NC2CCCC2)cc1. The summed E-state index contributed by atoms with van der Waals surface area (Å²) in [5.41, 5.74) is 4.01. The highest BCUT2D eigenvalue weighted by Gasteiger charge is 2.35. The molecule has 0 radical (unpaired) electrons. The molecule has 0 heterocycles. The van der Waals surface area contributed by atoms with Gasteiger partial charge in [-0.2, -0.15) is 0 Å². The van der Waals surface area contributed by atoms with Gasteiger partial charge in [0.25, 0.3) is 10.0 Å². The molecule has 0 aromatic heterocycles. The van der Waals surface area contributed by atoms with Crippen molar-refractivity contribution in [2.24, 2.45) is 0 Å². The number of benzene rings is 4. The summed E-state index contributed by atoms with van der Waals surface area (Å²) in [6.45, 7) is 3.49. The number of halogens is 1. The number of carbonyl (C=O) groups excluding carboxylic acids is 2. The topological polar surface area (TPSA) is 86.8 Å². The first-order chi connectivity index (χ1) is 22.1. The van der Waals surface area contributed by atoms with Crippen molar-refractivity contribution in [2.45, 2.75) is 69.5 Å². The van der Waals surface area contributed by atoms with Crippen LogP contribution in [0.4, 0.5) is 5.69 Å². The number of nitrogens with one attached hydrogen (secondary N) is 1. The molecule has 1 saturated carbocycles. The van der Waals surface area contributed by atoms with Gasteiger partial charge < -0.3 is 10.2 Å². The van der Waals surface area contributed by atoms with Crippen LogP contribution >= 0.6 is 11.6 Å². The van der Waals surface area contributed by atoms with Gasteiger partial charge in [0.2, 0.25) is 11.8 Å². The highest BCUT2D eigenvalue weighted by Crippen LogP contribution is 2.27. The van der Waals surface area contributed by atoms with Crippen molar-refractivity contribution in [3.8, 4) is 0 Å². The molecule has 1 atom stereocenters. The zero-order valence-electron chi connectivity index (χ0n) is 26.2. The normalized spacial score (nSPS) is 14.1. The Labute approximate surface area is 277 Å². The van der Waals surface area contributed by atoms with Gasteiger partial charge in [-0.05, 0) is 79.8 Å². The first-order valence-corrected chi connectivity index (χ1v) is 17.5. The molecule has 0 spiro atoms. The van der Waals surface area contributed by atoms with E-state index >= 15 is 0 Å². The third kappa shape index (κ3) is 8.36. The van der Waals surface area contributed by atoms with E-state index in [1.54, 1.807) is 23.1 Å². The van der Waals surface area contributed by atoms with Gasteiger partial charge in [0.1, 0.15) is 12.6 Å². The fourth-order valence-corrected chi connectivity index (χ4v) is 7.39. The first-order valence-electron chi connectivity index (χ1n) is 15.6. The smallest absolute Gasteiger partial charge is 0.264 e. The average molecular weight is 658 g/mol. The van der Waals surface area contributed by atoms with Gasteiger partial charge in [0.15, 0.2) is 0 Å². The van der Waals surface area contributed by atoms with Crippen LogP contribution in [0.2, 0.25) is 5.02 Å². The lowest BCUT2D eigenvalue weighted by atomic mass is 10.0. The summed E-state index contributed by atoms with van der Waals surface area (Å²) in [6.07, 6.45) is 4.18. The number of rotatable bonds is 12. The number of amides is 2. The number of hydrogen-bond acceptors (Lipinski definition) is 4. The molecule has 1 aliphatic rings. The quantitative estimate of drug-likeness (QED) is 0.181. The molecule has 240 valence electrons. The van der Waals surface area contributed by atoms with E-state index in [1.165, 1.54) is 24.3 Å². The Kier molecular flexibility index (Phi) is 10.8. The highest BCUT2D eigenvalue weighted by molar-refractivity contribution is 7.92. The molecule has 0 unspecified atom stereocenters. The van der Waals surface area contributed by atoms with Crippen LogP contribution in [-0.4, -0.2) is 43.8 Å². The molecule has 7 nitrogen and oxygen atoms in total. The minimum atomic E-state index is -4.19. The van der Waals surface area contributed by atoms with E-state index in [4.69, 9.17) is 11.6 Å². The van der Waals surface area contributed by atoms with Gasteiger partial charge in [0.05, 0.1) is 10.6 Å². The molecular formula is C37H40ClN3O4S. The molecule has 4 aromatic carbocycles. The van der Waals surface area contributed by atoms with Crippen LogP contribution in [0, 0.1) is 13.8 Å². The zero-order valence-corrected chi connectivity index (χ0v) is 27.8. The lowest BCUT2D eigenvalue weighted by Crippen LogP contribution is -2.54. The Morgan fingerprint density at radius 1 is 0.826 bits per heavy atom. The van der Waals surface area contributed by atoms with Crippen LogP contribution in [0.5, 0.6) is 0 Å². The van der Waals surface area contributed by atoms with Crippen molar-refractivity contribution >= 4 is 39.1 Å². The van der Waals surface area contributed by atoms with E-state index in [0.717, 1.165) is 52.2 Å². The Morgan fingerprint density at radius 2 is 1.50 bits per heavy atom. The van der Waals surface area contributed by atoms with Gasteiger partial charge in [-0.15, -0.1) is 0 Å². The molecule has 0 bridgehead atoms. The van der Waals surface area contributed by atoms with Crippen molar-refractivity contribution in [3.63, 3.8) is 0 Å². The second kappa shape index (κ2) is 15.0. The van der Waals surface area contributed by atoms with Crippen molar-refractivity contribution in [3.05, 3.63) is 130 Å². The molecule has 1 aliphatic carbocycles. The second-order valence-corrected chi connectivity index (χ2v) is 14.3. The van der Waals surface area contributed by atoms with Crippen molar-refractivity contribution in [2.75, 3.05) is 10.8 Å². The fourth-order valence-electron chi connectivity index (χ4n) is 5.86. The zero-order chi connectivity index (χ0) is 32.7. The molecule has 46 heavy (non-hydrogen) atoms. The standard InChI is InChI=1S/C37H40ClN3O4S/c1-27-15-17-30(18-16-27)25-40(35(24-29-10-4-3-5-11-29)37(43)39-32-12-6-7-13-32)36(42)26-41(33-14-8-9-28(2)23-33)46(44,45)34-21-19-31(38)20-22-34/h3-5,8-11,14-23,32,35H,6-7,12-13,24-26H2,1-2H3,(H,39,43)/t35-/m0/s1. The summed E-state index contributed by atoms with van der Waals surface area (Å²) < 4.78 is 29.5. The van der Waals surface area contributed by atoms with Gasteiger partial charge in [-0.3, -0.25) is 13.9 Å². The summed E-state index contributed by atoms with van der Waals surface area (Å²) in [6, 6.07) is 29.5. The molecule has 9 heteroatoms. The van der Waals surface area contributed by atoms with Crippen LogP contribution in [0.25, 0.3) is 0 Å². The van der Waals surface area contributed by atoms with E-state index < -0.39 is 28.5 Å². The molecule has 2 amide bonds. The molecule has 1 N–H and O–H groups in total. The minimum absolute atomic E-state index is 0.0103. The van der Waals surface area contributed by atoms with E-state index in [9.17, 15) is 18.0 Å². The van der Waals surface area contributed by atoms with Gasteiger partial charge in [-0.1, -0.05) is 96.7 Å². The number of nitrogens with zero attached hydrogens (tertiary/aromatic N) is 2. The van der Waals surface area contributed by atoms with Crippen molar-refractivity contribution in [1.29, 1.82) is 0 Å². The maximum absolute atomic E-state index is 14.6. The van der Waals surface area contributed by atoms with Gasteiger partial charge in [0, 0.05) is 24.0 Å². The highest BCUT2D eigenvalue weighted by atomic mass is 35.5. The van der Waals surface area contributed by atoms with Crippen molar-refractivity contribution < 1.29 is 18.0 Å².